The van der Waals surface area contributed by atoms with E-state index in [-0.39, 0.29) is 6.04 Å². The first kappa shape index (κ1) is 12.8. The van der Waals surface area contributed by atoms with E-state index in [9.17, 15) is 0 Å². The van der Waals surface area contributed by atoms with E-state index >= 15 is 0 Å². The summed E-state index contributed by atoms with van der Waals surface area (Å²) in [6, 6.07) is 16.4. The Morgan fingerprint density at radius 1 is 1.00 bits per heavy atom. The van der Waals surface area contributed by atoms with Gasteiger partial charge in [0.2, 0.25) is 0 Å². The lowest BCUT2D eigenvalue weighted by atomic mass is 10.0. The second kappa shape index (κ2) is 5.02. The normalized spacial score (nSPS) is 12.6. The predicted octanol–water partition coefficient (Wildman–Crippen LogP) is 3.62. The van der Waals surface area contributed by atoms with Gasteiger partial charge in [-0.3, -0.25) is 0 Å². The lowest BCUT2D eigenvalue weighted by Gasteiger charge is -2.11. The number of hydrogen-bond donors (Lipinski definition) is 1. The van der Waals surface area contributed by atoms with E-state index in [2.05, 4.69) is 28.2 Å². The summed E-state index contributed by atoms with van der Waals surface area (Å²) in [5, 5.41) is 1.05. The summed E-state index contributed by atoms with van der Waals surface area (Å²) in [7, 11) is 0. The van der Waals surface area contributed by atoms with Crippen LogP contribution >= 0.6 is 0 Å². The first-order valence-electron chi connectivity index (χ1n) is 6.74. The van der Waals surface area contributed by atoms with E-state index in [4.69, 9.17) is 5.73 Å². The molecular formula is C17H17N3. The molecule has 3 aromatic rings. The number of nitrogens with zero attached hydrogens (tertiary/aromatic N) is 2. The number of aromatic nitrogens is 2. The fourth-order valence-electron chi connectivity index (χ4n) is 2.36. The van der Waals surface area contributed by atoms with Gasteiger partial charge in [0.1, 0.15) is 5.82 Å². The van der Waals surface area contributed by atoms with Crippen molar-refractivity contribution < 1.29 is 0 Å². The van der Waals surface area contributed by atoms with Crippen LogP contribution in [0.15, 0.2) is 48.5 Å². The summed E-state index contributed by atoms with van der Waals surface area (Å²) in [5.74, 6) is 0.782. The first-order valence-corrected chi connectivity index (χ1v) is 6.74. The van der Waals surface area contributed by atoms with E-state index in [0.717, 1.165) is 33.5 Å². The summed E-state index contributed by atoms with van der Waals surface area (Å²) in [6.07, 6.45) is 0. The molecule has 3 heteroatoms. The standard InChI is InChI=1S/C17H17N3/c1-11(18)14-8-9-16-15(10-14)17(20-12(2)19-16)13-6-4-3-5-7-13/h3-11H,18H2,1-2H3. The number of aryl methyl sites for hydroxylation is 1. The molecule has 2 N–H and O–H groups in total. The van der Waals surface area contributed by atoms with Gasteiger partial charge in [0, 0.05) is 17.0 Å². The number of benzene rings is 2. The number of hydrogen-bond acceptors (Lipinski definition) is 3. The highest BCUT2D eigenvalue weighted by Gasteiger charge is 2.10. The molecule has 0 aliphatic heterocycles. The van der Waals surface area contributed by atoms with Gasteiger partial charge < -0.3 is 5.73 Å². The minimum Gasteiger partial charge on any atom is -0.324 e. The third kappa shape index (κ3) is 2.28. The molecule has 0 amide bonds. The second-order valence-electron chi connectivity index (χ2n) is 5.05. The van der Waals surface area contributed by atoms with Crippen molar-refractivity contribution >= 4 is 10.9 Å². The molecule has 1 unspecified atom stereocenters. The smallest absolute Gasteiger partial charge is 0.126 e. The number of fused-ring (bicyclic) bond motifs is 1. The molecule has 0 spiro atoms. The van der Waals surface area contributed by atoms with Crippen molar-refractivity contribution in [3.05, 3.63) is 59.9 Å². The van der Waals surface area contributed by atoms with E-state index in [0.29, 0.717) is 0 Å². The summed E-state index contributed by atoms with van der Waals surface area (Å²) >= 11 is 0. The van der Waals surface area contributed by atoms with Gasteiger partial charge in [0.15, 0.2) is 0 Å². The Kier molecular flexibility index (Phi) is 3.20. The number of rotatable bonds is 2. The van der Waals surface area contributed by atoms with Crippen LogP contribution in [0.3, 0.4) is 0 Å². The van der Waals surface area contributed by atoms with Gasteiger partial charge >= 0.3 is 0 Å². The molecule has 0 radical (unpaired) electrons. The van der Waals surface area contributed by atoms with E-state index in [1.165, 1.54) is 0 Å². The molecule has 20 heavy (non-hydrogen) atoms. The molecule has 0 bridgehead atoms. The van der Waals surface area contributed by atoms with Crippen LogP contribution in [0.5, 0.6) is 0 Å². The van der Waals surface area contributed by atoms with Crippen molar-refractivity contribution in [2.45, 2.75) is 19.9 Å². The average molecular weight is 263 g/mol. The SMILES string of the molecule is Cc1nc(-c2ccccc2)c2cc(C(C)N)ccc2n1. The van der Waals surface area contributed by atoms with E-state index in [1.807, 2.05) is 44.2 Å². The van der Waals surface area contributed by atoms with Crippen LogP contribution in [0, 0.1) is 6.92 Å². The van der Waals surface area contributed by atoms with Crippen LogP contribution in [0.25, 0.3) is 22.2 Å². The molecule has 1 atom stereocenters. The third-order valence-corrected chi connectivity index (χ3v) is 3.40. The zero-order chi connectivity index (χ0) is 14.1. The average Bonchev–Trinajstić information content (AvgIpc) is 2.46. The highest BCUT2D eigenvalue weighted by molar-refractivity contribution is 5.92. The van der Waals surface area contributed by atoms with Gasteiger partial charge in [0.25, 0.3) is 0 Å². The Morgan fingerprint density at radius 3 is 2.45 bits per heavy atom. The van der Waals surface area contributed by atoms with E-state index < -0.39 is 0 Å². The van der Waals surface area contributed by atoms with Crippen molar-refractivity contribution in [2.75, 3.05) is 0 Å². The molecule has 100 valence electrons. The molecule has 0 saturated heterocycles. The zero-order valence-corrected chi connectivity index (χ0v) is 11.7. The van der Waals surface area contributed by atoms with Crippen molar-refractivity contribution in [2.24, 2.45) is 5.73 Å². The Morgan fingerprint density at radius 2 is 1.75 bits per heavy atom. The monoisotopic (exact) mass is 263 g/mol. The van der Waals surface area contributed by atoms with Gasteiger partial charge in [-0.05, 0) is 31.5 Å². The number of nitrogens with two attached hydrogens (primary N) is 1. The van der Waals surface area contributed by atoms with Crippen LogP contribution in [0.4, 0.5) is 0 Å². The van der Waals surface area contributed by atoms with Crippen molar-refractivity contribution in [1.82, 2.24) is 9.97 Å². The molecule has 2 aromatic carbocycles. The highest BCUT2D eigenvalue weighted by atomic mass is 14.9. The van der Waals surface area contributed by atoms with Gasteiger partial charge in [0.05, 0.1) is 11.2 Å². The zero-order valence-electron chi connectivity index (χ0n) is 11.7. The van der Waals surface area contributed by atoms with Crippen LogP contribution in [-0.2, 0) is 0 Å². The summed E-state index contributed by atoms with van der Waals surface area (Å²) in [5.41, 5.74) is 10.1. The molecule has 0 saturated carbocycles. The maximum atomic E-state index is 5.98. The van der Waals surface area contributed by atoms with Gasteiger partial charge in [-0.25, -0.2) is 9.97 Å². The molecule has 3 nitrogen and oxygen atoms in total. The highest BCUT2D eigenvalue weighted by Crippen LogP contribution is 2.27. The largest absolute Gasteiger partial charge is 0.324 e. The van der Waals surface area contributed by atoms with Crippen LogP contribution in [0.1, 0.15) is 24.4 Å². The van der Waals surface area contributed by atoms with Crippen LogP contribution in [0.2, 0.25) is 0 Å². The van der Waals surface area contributed by atoms with Gasteiger partial charge in [-0.15, -0.1) is 0 Å². The summed E-state index contributed by atoms with van der Waals surface area (Å²) < 4.78 is 0. The topological polar surface area (TPSA) is 51.8 Å². The second-order valence-corrected chi connectivity index (χ2v) is 5.05. The van der Waals surface area contributed by atoms with E-state index in [1.54, 1.807) is 0 Å². The third-order valence-electron chi connectivity index (χ3n) is 3.40. The minimum atomic E-state index is 0.00401. The lowest BCUT2D eigenvalue weighted by Crippen LogP contribution is -2.05. The molecule has 0 aliphatic carbocycles. The molecular weight excluding hydrogens is 246 g/mol. The lowest BCUT2D eigenvalue weighted by molar-refractivity contribution is 0.819. The Bertz CT molecular complexity index is 749. The quantitative estimate of drug-likeness (QED) is 0.768. The van der Waals surface area contributed by atoms with Gasteiger partial charge in [-0.1, -0.05) is 36.4 Å². The first-order chi connectivity index (χ1) is 9.65. The Hall–Kier alpha value is -2.26. The fourth-order valence-corrected chi connectivity index (χ4v) is 2.36. The maximum absolute atomic E-state index is 5.98. The van der Waals surface area contributed by atoms with Gasteiger partial charge in [-0.2, -0.15) is 0 Å². The molecule has 0 fully saturated rings. The van der Waals surface area contributed by atoms with Crippen molar-refractivity contribution in [1.29, 1.82) is 0 Å². The maximum Gasteiger partial charge on any atom is 0.126 e. The van der Waals surface area contributed by atoms with Crippen LogP contribution < -0.4 is 5.73 Å². The fraction of sp³-hybridized carbons (Fsp3) is 0.176. The minimum absolute atomic E-state index is 0.00401. The summed E-state index contributed by atoms with van der Waals surface area (Å²) in [4.78, 5) is 9.13. The Labute approximate surface area is 118 Å². The molecule has 0 aliphatic rings. The van der Waals surface area contributed by atoms with Crippen LogP contribution in [-0.4, -0.2) is 9.97 Å². The van der Waals surface area contributed by atoms with Crippen molar-refractivity contribution in [3.8, 4) is 11.3 Å². The molecule has 1 aromatic heterocycles. The summed E-state index contributed by atoms with van der Waals surface area (Å²) in [6.45, 7) is 3.91. The molecule has 3 rings (SSSR count). The molecule has 1 heterocycles. The predicted molar refractivity (Wildman–Crippen MR) is 82.3 cm³/mol. The van der Waals surface area contributed by atoms with Crippen molar-refractivity contribution in [3.63, 3.8) is 0 Å². The Balaban J connectivity index is 2.31.